The monoisotopic (exact) mass is 193 g/mol. The van der Waals surface area contributed by atoms with Crippen molar-refractivity contribution in [3.05, 3.63) is 6.20 Å². The highest BCUT2D eigenvalue weighted by atomic mass is 15.4. The van der Waals surface area contributed by atoms with Crippen molar-refractivity contribution in [1.82, 2.24) is 25.0 Å². The molecule has 7 nitrogen and oxygen atoms in total. The Kier molecular flexibility index (Phi) is 2.23. The largest absolute Gasteiger partial charge is 0.353 e. The lowest BCUT2D eigenvalue weighted by molar-refractivity contribution is 0.735. The maximum Gasteiger partial charge on any atom is 0.224 e. The Morgan fingerprint density at radius 1 is 1.57 bits per heavy atom. The highest BCUT2D eigenvalue weighted by molar-refractivity contribution is 5.69. The zero-order valence-electron chi connectivity index (χ0n) is 7.80. The Morgan fingerprint density at radius 2 is 2.43 bits per heavy atom. The fourth-order valence-corrected chi connectivity index (χ4v) is 1.10. The number of aromatic nitrogens is 5. The van der Waals surface area contributed by atoms with E-state index in [4.69, 9.17) is 5.73 Å². The predicted octanol–water partition coefficient (Wildman–Crippen LogP) is -0.871. The molecule has 3 N–H and O–H groups in total. The molecule has 0 bridgehead atoms. The number of nitrogens with zero attached hydrogens (tertiary/aromatic N) is 5. The van der Waals surface area contributed by atoms with Gasteiger partial charge >= 0.3 is 0 Å². The predicted molar refractivity (Wildman–Crippen MR) is 51.6 cm³/mol. The van der Waals surface area contributed by atoms with E-state index in [0.29, 0.717) is 24.7 Å². The Balaban J connectivity index is 2.32. The van der Waals surface area contributed by atoms with Gasteiger partial charge in [-0.1, -0.05) is 5.21 Å². The SMILES string of the molecule is Cn1nnc2nc(NCCN)ncc21. The summed E-state index contributed by atoms with van der Waals surface area (Å²) in [5.41, 5.74) is 6.74. The van der Waals surface area contributed by atoms with Gasteiger partial charge in [0.15, 0.2) is 0 Å². The molecule has 0 radical (unpaired) electrons. The normalized spacial score (nSPS) is 10.7. The molecule has 0 atom stereocenters. The van der Waals surface area contributed by atoms with E-state index < -0.39 is 0 Å². The van der Waals surface area contributed by atoms with Crippen LogP contribution in [0.1, 0.15) is 0 Å². The number of hydrogen-bond acceptors (Lipinski definition) is 6. The van der Waals surface area contributed by atoms with Gasteiger partial charge in [0, 0.05) is 20.1 Å². The third kappa shape index (κ3) is 1.49. The molecular formula is C7H11N7. The number of aryl methyl sites for hydroxylation is 1. The molecule has 0 aliphatic rings. The van der Waals surface area contributed by atoms with Crippen molar-refractivity contribution < 1.29 is 0 Å². The van der Waals surface area contributed by atoms with Gasteiger partial charge in [0.1, 0.15) is 5.52 Å². The van der Waals surface area contributed by atoms with Gasteiger partial charge in [-0.25, -0.2) is 9.67 Å². The number of nitrogens with one attached hydrogen (secondary N) is 1. The van der Waals surface area contributed by atoms with E-state index in [1.807, 2.05) is 0 Å². The van der Waals surface area contributed by atoms with Gasteiger partial charge in [0.2, 0.25) is 11.6 Å². The first kappa shape index (κ1) is 8.82. The number of rotatable bonds is 3. The zero-order chi connectivity index (χ0) is 9.97. The first-order valence-corrected chi connectivity index (χ1v) is 4.27. The minimum Gasteiger partial charge on any atom is -0.353 e. The van der Waals surface area contributed by atoms with E-state index in [-0.39, 0.29) is 0 Å². The van der Waals surface area contributed by atoms with Gasteiger partial charge in [-0.15, -0.1) is 5.10 Å². The Morgan fingerprint density at radius 3 is 3.21 bits per heavy atom. The van der Waals surface area contributed by atoms with E-state index >= 15 is 0 Å². The summed E-state index contributed by atoms with van der Waals surface area (Å²) >= 11 is 0. The Labute approximate surface area is 80.3 Å². The van der Waals surface area contributed by atoms with Crippen LogP contribution in [-0.2, 0) is 7.05 Å². The van der Waals surface area contributed by atoms with Crippen molar-refractivity contribution in [2.75, 3.05) is 18.4 Å². The molecule has 0 aliphatic heterocycles. The summed E-state index contributed by atoms with van der Waals surface area (Å²) in [5, 5.41) is 10.7. The standard InChI is InChI=1S/C7H11N7/c1-14-5-4-10-7(9-3-2-8)11-6(5)12-13-14/h4H,2-3,8H2,1H3,(H,9,10,11). The molecule has 0 saturated heterocycles. The minimum atomic E-state index is 0.531. The molecule has 2 aromatic rings. The van der Waals surface area contributed by atoms with Crippen LogP contribution in [0.25, 0.3) is 11.2 Å². The Hall–Kier alpha value is -1.76. The fraction of sp³-hybridized carbons (Fsp3) is 0.429. The van der Waals surface area contributed by atoms with Gasteiger partial charge in [0.05, 0.1) is 6.20 Å². The summed E-state index contributed by atoms with van der Waals surface area (Å²) in [6.45, 7) is 1.19. The molecule has 0 unspecified atom stereocenters. The van der Waals surface area contributed by atoms with Crippen LogP contribution in [0, 0.1) is 0 Å². The molecule has 0 saturated carbocycles. The maximum absolute atomic E-state index is 5.34. The first-order chi connectivity index (χ1) is 6.81. The number of fused-ring (bicyclic) bond motifs is 1. The lowest BCUT2D eigenvalue weighted by atomic mass is 10.5. The Bertz CT molecular complexity index is 435. The number of anilines is 1. The van der Waals surface area contributed by atoms with Crippen LogP contribution in [0.3, 0.4) is 0 Å². The second kappa shape index (κ2) is 3.54. The van der Waals surface area contributed by atoms with Crippen molar-refractivity contribution in [3.63, 3.8) is 0 Å². The fourth-order valence-electron chi connectivity index (χ4n) is 1.10. The third-order valence-electron chi connectivity index (χ3n) is 1.80. The topological polar surface area (TPSA) is 94.5 Å². The highest BCUT2D eigenvalue weighted by Gasteiger charge is 2.04. The first-order valence-electron chi connectivity index (χ1n) is 4.27. The molecular weight excluding hydrogens is 182 g/mol. The van der Waals surface area contributed by atoms with Gasteiger partial charge in [0.25, 0.3) is 0 Å². The van der Waals surface area contributed by atoms with Crippen LogP contribution in [0.5, 0.6) is 0 Å². The smallest absolute Gasteiger partial charge is 0.224 e. The summed E-state index contributed by atoms with van der Waals surface area (Å²) in [4.78, 5) is 8.26. The molecule has 74 valence electrons. The summed E-state index contributed by atoms with van der Waals surface area (Å²) in [5.74, 6) is 0.531. The molecule has 2 aromatic heterocycles. The van der Waals surface area contributed by atoms with Crippen LogP contribution in [0.2, 0.25) is 0 Å². The lowest BCUT2D eigenvalue weighted by Crippen LogP contribution is -2.14. The molecule has 2 heterocycles. The third-order valence-corrected chi connectivity index (χ3v) is 1.80. The molecule has 2 rings (SSSR count). The van der Waals surface area contributed by atoms with Crippen molar-refractivity contribution in [2.45, 2.75) is 0 Å². The molecule has 0 fully saturated rings. The van der Waals surface area contributed by atoms with Crippen molar-refractivity contribution in [3.8, 4) is 0 Å². The van der Waals surface area contributed by atoms with E-state index in [9.17, 15) is 0 Å². The van der Waals surface area contributed by atoms with Crippen LogP contribution in [0.4, 0.5) is 5.95 Å². The molecule has 0 aliphatic carbocycles. The van der Waals surface area contributed by atoms with Gasteiger partial charge in [-0.05, 0) is 0 Å². The molecule has 0 aromatic carbocycles. The average molecular weight is 193 g/mol. The molecule has 14 heavy (non-hydrogen) atoms. The van der Waals surface area contributed by atoms with Crippen molar-refractivity contribution in [2.24, 2.45) is 12.8 Å². The summed E-state index contributed by atoms with van der Waals surface area (Å²) in [6.07, 6.45) is 1.68. The molecule has 0 spiro atoms. The van der Waals surface area contributed by atoms with Crippen LogP contribution in [0.15, 0.2) is 6.20 Å². The van der Waals surface area contributed by atoms with Crippen LogP contribution in [-0.4, -0.2) is 38.1 Å². The zero-order valence-corrected chi connectivity index (χ0v) is 7.80. The quantitative estimate of drug-likeness (QED) is 0.658. The minimum absolute atomic E-state index is 0.531. The van der Waals surface area contributed by atoms with E-state index in [1.54, 1.807) is 17.9 Å². The number of nitrogens with two attached hydrogens (primary N) is 1. The van der Waals surface area contributed by atoms with Crippen molar-refractivity contribution >= 4 is 17.1 Å². The summed E-state index contributed by atoms with van der Waals surface area (Å²) < 4.78 is 1.63. The van der Waals surface area contributed by atoms with Crippen molar-refractivity contribution in [1.29, 1.82) is 0 Å². The van der Waals surface area contributed by atoms with Crippen LogP contribution < -0.4 is 11.1 Å². The van der Waals surface area contributed by atoms with E-state index in [0.717, 1.165) is 5.52 Å². The molecule has 7 heteroatoms. The number of hydrogen-bond donors (Lipinski definition) is 2. The summed E-state index contributed by atoms with van der Waals surface area (Å²) in [6, 6.07) is 0. The second-order valence-electron chi connectivity index (χ2n) is 2.83. The average Bonchev–Trinajstić information content (AvgIpc) is 2.57. The van der Waals surface area contributed by atoms with Gasteiger partial charge < -0.3 is 11.1 Å². The molecule has 0 amide bonds. The van der Waals surface area contributed by atoms with Gasteiger partial charge in [-0.3, -0.25) is 0 Å². The maximum atomic E-state index is 5.34. The summed E-state index contributed by atoms with van der Waals surface area (Å²) in [7, 11) is 1.80. The second-order valence-corrected chi connectivity index (χ2v) is 2.83. The van der Waals surface area contributed by atoms with Crippen LogP contribution >= 0.6 is 0 Å². The highest BCUT2D eigenvalue weighted by Crippen LogP contribution is 2.07. The van der Waals surface area contributed by atoms with Gasteiger partial charge in [-0.2, -0.15) is 4.98 Å². The lowest BCUT2D eigenvalue weighted by Gasteiger charge is -2.00. The van der Waals surface area contributed by atoms with E-state index in [1.165, 1.54) is 0 Å². The van der Waals surface area contributed by atoms with E-state index in [2.05, 4.69) is 25.6 Å².